The molecular formula is C15H15NO. The van der Waals surface area contributed by atoms with Crippen molar-refractivity contribution in [2.24, 2.45) is 0 Å². The Balaban J connectivity index is 2.65. The van der Waals surface area contributed by atoms with E-state index in [2.05, 4.69) is 11.1 Å². The van der Waals surface area contributed by atoms with E-state index in [0.717, 1.165) is 28.5 Å². The third-order valence-corrected chi connectivity index (χ3v) is 3.05. The molecule has 0 bridgehead atoms. The monoisotopic (exact) mass is 225 g/mol. The first-order chi connectivity index (χ1) is 8.13. The van der Waals surface area contributed by atoms with Gasteiger partial charge >= 0.3 is 0 Å². The summed E-state index contributed by atoms with van der Waals surface area (Å²) >= 11 is 0. The molecule has 17 heavy (non-hydrogen) atoms. The standard InChI is InChI=1S/C15H15NO/c1-10-7-15(11(2)6-13(10)9-17)14-4-5-16-8-12(14)3/h4-9H,1-3H3. The van der Waals surface area contributed by atoms with Crippen molar-refractivity contribution in [3.05, 3.63) is 52.8 Å². The molecule has 1 heterocycles. The van der Waals surface area contributed by atoms with Crippen LogP contribution in [0.3, 0.4) is 0 Å². The van der Waals surface area contributed by atoms with Gasteiger partial charge in [0.25, 0.3) is 0 Å². The number of hydrogen-bond acceptors (Lipinski definition) is 2. The minimum Gasteiger partial charge on any atom is -0.298 e. The second-order valence-electron chi connectivity index (χ2n) is 4.33. The number of hydrogen-bond donors (Lipinski definition) is 0. The lowest BCUT2D eigenvalue weighted by molar-refractivity contribution is 0.112. The van der Waals surface area contributed by atoms with Crippen molar-refractivity contribution in [1.82, 2.24) is 4.98 Å². The Bertz CT molecular complexity index is 573. The maximum atomic E-state index is 10.9. The molecule has 2 rings (SSSR count). The summed E-state index contributed by atoms with van der Waals surface area (Å²) in [6.07, 6.45) is 4.56. The summed E-state index contributed by atoms with van der Waals surface area (Å²) in [6, 6.07) is 6.02. The average molecular weight is 225 g/mol. The Morgan fingerprint density at radius 3 is 2.41 bits per heavy atom. The van der Waals surface area contributed by atoms with E-state index in [-0.39, 0.29) is 0 Å². The number of aromatic nitrogens is 1. The molecule has 0 unspecified atom stereocenters. The van der Waals surface area contributed by atoms with E-state index in [1.165, 1.54) is 11.1 Å². The quantitative estimate of drug-likeness (QED) is 0.732. The molecule has 86 valence electrons. The van der Waals surface area contributed by atoms with Gasteiger partial charge in [-0.1, -0.05) is 6.07 Å². The van der Waals surface area contributed by atoms with E-state index in [1.54, 1.807) is 6.20 Å². The number of aryl methyl sites for hydroxylation is 3. The largest absolute Gasteiger partial charge is 0.298 e. The molecule has 2 heteroatoms. The first-order valence-corrected chi connectivity index (χ1v) is 5.61. The van der Waals surface area contributed by atoms with Crippen LogP contribution >= 0.6 is 0 Å². The van der Waals surface area contributed by atoms with Crippen LogP contribution in [0.5, 0.6) is 0 Å². The topological polar surface area (TPSA) is 30.0 Å². The normalized spacial score (nSPS) is 10.3. The van der Waals surface area contributed by atoms with Crippen LogP contribution in [0.2, 0.25) is 0 Å². The molecule has 0 radical (unpaired) electrons. The van der Waals surface area contributed by atoms with Gasteiger partial charge in [0.05, 0.1) is 0 Å². The van der Waals surface area contributed by atoms with Gasteiger partial charge in [0.1, 0.15) is 6.29 Å². The lowest BCUT2D eigenvalue weighted by atomic mass is 9.94. The second-order valence-corrected chi connectivity index (χ2v) is 4.33. The van der Waals surface area contributed by atoms with Crippen molar-refractivity contribution in [3.8, 4) is 11.1 Å². The first-order valence-electron chi connectivity index (χ1n) is 5.61. The van der Waals surface area contributed by atoms with Crippen LogP contribution in [0.15, 0.2) is 30.6 Å². The van der Waals surface area contributed by atoms with Gasteiger partial charge < -0.3 is 0 Å². The Morgan fingerprint density at radius 2 is 1.76 bits per heavy atom. The molecule has 1 aromatic heterocycles. The number of carbonyl (C=O) groups excluding carboxylic acids is 1. The van der Waals surface area contributed by atoms with Gasteiger partial charge in [0, 0.05) is 18.0 Å². The van der Waals surface area contributed by atoms with E-state index >= 15 is 0 Å². The Kier molecular flexibility index (Phi) is 3.05. The lowest BCUT2D eigenvalue weighted by Crippen LogP contribution is -1.93. The fourth-order valence-electron chi connectivity index (χ4n) is 2.03. The fraction of sp³-hybridized carbons (Fsp3) is 0.200. The van der Waals surface area contributed by atoms with Crippen LogP contribution < -0.4 is 0 Å². The van der Waals surface area contributed by atoms with Crippen LogP contribution in [-0.2, 0) is 0 Å². The first kappa shape index (κ1) is 11.5. The molecule has 1 aromatic carbocycles. The molecule has 2 nitrogen and oxygen atoms in total. The average Bonchev–Trinajstić information content (AvgIpc) is 2.32. The highest BCUT2D eigenvalue weighted by Crippen LogP contribution is 2.28. The molecule has 0 saturated carbocycles. The van der Waals surface area contributed by atoms with Crippen molar-refractivity contribution in [1.29, 1.82) is 0 Å². The van der Waals surface area contributed by atoms with Crippen LogP contribution in [-0.4, -0.2) is 11.3 Å². The summed E-state index contributed by atoms with van der Waals surface area (Å²) < 4.78 is 0. The molecule has 0 amide bonds. The molecule has 0 aliphatic carbocycles. The molecule has 0 atom stereocenters. The maximum absolute atomic E-state index is 10.9. The SMILES string of the molecule is Cc1cc(-c2ccncc2C)c(C)cc1C=O. The highest BCUT2D eigenvalue weighted by molar-refractivity contribution is 5.81. The van der Waals surface area contributed by atoms with Crippen molar-refractivity contribution in [3.63, 3.8) is 0 Å². The number of nitrogens with zero attached hydrogens (tertiary/aromatic N) is 1. The summed E-state index contributed by atoms with van der Waals surface area (Å²) in [5.41, 5.74) is 6.39. The molecule has 0 saturated heterocycles. The number of aldehydes is 1. The van der Waals surface area contributed by atoms with Crippen molar-refractivity contribution < 1.29 is 4.79 Å². The molecule has 0 fully saturated rings. The third kappa shape index (κ3) is 2.11. The number of rotatable bonds is 2. The van der Waals surface area contributed by atoms with E-state index in [0.29, 0.717) is 0 Å². The van der Waals surface area contributed by atoms with Gasteiger partial charge in [-0.05, 0) is 60.7 Å². The summed E-state index contributed by atoms with van der Waals surface area (Å²) in [5.74, 6) is 0. The van der Waals surface area contributed by atoms with Gasteiger partial charge in [0.2, 0.25) is 0 Å². The molecule has 0 aliphatic heterocycles. The molecule has 0 N–H and O–H groups in total. The van der Waals surface area contributed by atoms with Gasteiger partial charge in [-0.3, -0.25) is 9.78 Å². The molecule has 0 aliphatic rings. The fourth-order valence-corrected chi connectivity index (χ4v) is 2.03. The van der Waals surface area contributed by atoms with Crippen molar-refractivity contribution >= 4 is 6.29 Å². The number of carbonyl (C=O) groups is 1. The maximum Gasteiger partial charge on any atom is 0.150 e. The Labute approximate surface area is 101 Å². The van der Waals surface area contributed by atoms with E-state index in [4.69, 9.17) is 0 Å². The lowest BCUT2D eigenvalue weighted by Gasteiger charge is -2.11. The highest BCUT2D eigenvalue weighted by atomic mass is 16.1. The Morgan fingerprint density at radius 1 is 1.00 bits per heavy atom. The highest BCUT2D eigenvalue weighted by Gasteiger charge is 2.08. The van der Waals surface area contributed by atoms with Gasteiger partial charge in [-0.15, -0.1) is 0 Å². The minimum atomic E-state index is 0.762. The van der Waals surface area contributed by atoms with Crippen molar-refractivity contribution in [2.45, 2.75) is 20.8 Å². The zero-order chi connectivity index (χ0) is 12.4. The summed E-state index contributed by atoms with van der Waals surface area (Å²) in [5, 5.41) is 0. The van der Waals surface area contributed by atoms with E-state index in [9.17, 15) is 4.79 Å². The predicted octanol–water partition coefficient (Wildman–Crippen LogP) is 3.49. The van der Waals surface area contributed by atoms with Crippen LogP contribution in [0, 0.1) is 20.8 Å². The predicted molar refractivity (Wildman–Crippen MR) is 69.3 cm³/mol. The van der Waals surface area contributed by atoms with Crippen LogP contribution in [0.4, 0.5) is 0 Å². The molecular weight excluding hydrogens is 210 g/mol. The zero-order valence-electron chi connectivity index (χ0n) is 10.3. The van der Waals surface area contributed by atoms with Crippen molar-refractivity contribution in [2.75, 3.05) is 0 Å². The zero-order valence-corrected chi connectivity index (χ0v) is 10.3. The van der Waals surface area contributed by atoms with E-state index < -0.39 is 0 Å². The van der Waals surface area contributed by atoms with Crippen LogP contribution in [0.25, 0.3) is 11.1 Å². The Hall–Kier alpha value is -1.96. The van der Waals surface area contributed by atoms with Gasteiger partial charge in [-0.2, -0.15) is 0 Å². The molecule has 0 spiro atoms. The molecule has 2 aromatic rings. The number of benzene rings is 1. The second kappa shape index (κ2) is 4.50. The smallest absolute Gasteiger partial charge is 0.150 e. The number of pyridine rings is 1. The third-order valence-electron chi connectivity index (χ3n) is 3.05. The summed E-state index contributed by atoms with van der Waals surface area (Å²) in [6.45, 7) is 6.04. The summed E-state index contributed by atoms with van der Waals surface area (Å²) in [4.78, 5) is 15.0. The summed E-state index contributed by atoms with van der Waals surface area (Å²) in [7, 11) is 0. The van der Waals surface area contributed by atoms with E-state index in [1.807, 2.05) is 39.1 Å². The van der Waals surface area contributed by atoms with Gasteiger partial charge in [-0.25, -0.2) is 0 Å². The minimum absolute atomic E-state index is 0.762. The van der Waals surface area contributed by atoms with Crippen LogP contribution in [0.1, 0.15) is 27.0 Å². The van der Waals surface area contributed by atoms with Gasteiger partial charge in [0.15, 0.2) is 0 Å².